The van der Waals surface area contributed by atoms with Crippen molar-refractivity contribution in [2.24, 2.45) is 5.92 Å². The van der Waals surface area contributed by atoms with Crippen LogP contribution in [-0.4, -0.2) is 24.5 Å². The summed E-state index contributed by atoms with van der Waals surface area (Å²) in [5.74, 6) is 1.56. The summed E-state index contributed by atoms with van der Waals surface area (Å²) in [6, 6.07) is 0. The number of carbonyl (C=O) groups excluding carboxylic acids is 1. The lowest BCUT2D eigenvalue weighted by Crippen LogP contribution is -2.17. The first-order chi connectivity index (χ1) is 6.88. The molecule has 4 heteroatoms. The molecule has 1 aromatic rings. The van der Waals surface area contributed by atoms with Gasteiger partial charge in [-0.05, 0) is 18.8 Å². The number of hydrogen-bond acceptors (Lipinski definition) is 4. The van der Waals surface area contributed by atoms with Crippen molar-refractivity contribution >= 4 is 6.29 Å². The van der Waals surface area contributed by atoms with E-state index in [0.717, 1.165) is 32.5 Å². The van der Waals surface area contributed by atoms with Gasteiger partial charge in [-0.25, -0.2) is 4.98 Å². The van der Waals surface area contributed by atoms with Gasteiger partial charge in [0, 0.05) is 19.6 Å². The van der Waals surface area contributed by atoms with Crippen molar-refractivity contribution in [2.75, 3.05) is 13.2 Å². The minimum absolute atomic E-state index is 0.312. The summed E-state index contributed by atoms with van der Waals surface area (Å²) in [5, 5.41) is 0. The van der Waals surface area contributed by atoms with Crippen LogP contribution in [0.15, 0.2) is 10.6 Å². The van der Waals surface area contributed by atoms with E-state index in [4.69, 9.17) is 9.15 Å². The van der Waals surface area contributed by atoms with Crippen LogP contribution in [0.4, 0.5) is 0 Å². The van der Waals surface area contributed by atoms with Gasteiger partial charge in [-0.1, -0.05) is 0 Å². The second-order valence-corrected chi connectivity index (χ2v) is 3.53. The number of aromatic nitrogens is 1. The highest BCUT2D eigenvalue weighted by Crippen LogP contribution is 2.19. The highest BCUT2D eigenvalue weighted by atomic mass is 16.5. The van der Waals surface area contributed by atoms with Gasteiger partial charge in [-0.3, -0.25) is 4.79 Å². The molecule has 1 aliphatic rings. The Balaban J connectivity index is 1.92. The summed E-state index contributed by atoms with van der Waals surface area (Å²) >= 11 is 0. The largest absolute Gasteiger partial charge is 0.438 e. The third-order valence-corrected chi connectivity index (χ3v) is 2.49. The third kappa shape index (κ3) is 2.20. The number of rotatable bonds is 3. The number of nitrogens with zero attached hydrogens (tertiary/aromatic N) is 1. The fraction of sp³-hybridized carbons (Fsp3) is 0.600. The molecule has 76 valence electrons. The molecule has 14 heavy (non-hydrogen) atoms. The molecule has 1 saturated heterocycles. The van der Waals surface area contributed by atoms with Crippen LogP contribution in [0.2, 0.25) is 0 Å². The van der Waals surface area contributed by atoms with E-state index in [0.29, 0.717) is 23.9 Å². The molecular formula is C10H13NO3. The van der Waals surface area contributed by atoms with Crippen LogP contribution in [-0.2, 0) is 11.2 Å². The molecule has 0 aliphatic carbocycles. The molecule has 2 heterocycles. The van der Waals surface area contributed by atoms with Gasteiger partial charge in [0.1, 0.15) is 0 Å². The van der Waals surface area contributed by atoms with E-state index in [1.807, 2.05) is 0 Å². The zero-order chi connectivity index (χ0) is 9.80. The molecule has 0 N–H and O–H groups in total. The monoisotopic (exact) mass is 195 g/mol. The first-order valence-corrected chi connectivity index (χ1v) is 4.86. The van der Waals surface area contributed by atoms with Gasteiger partial charge in [0.05, 0.1) is 6.20 Å². The van der Waals surface area contributed by atoms with Crippen molar-refractivity contribution in [3.05, 3.63) is 17.8 Å². The second kappa shape index (κ2) is 4.37. The minimum Gasteiger partial charge on any atom is -0.438 e. The van der Waals surface area contributed by atoms with E-state index in [1.165, 1.54) is 6.20 Å². The van der Waals surface area contributed by atoms with E-state index in [-0.39, 0.29) is 0 Å². The molecule has 0 atom stereocenters. The summed E-state index contributed by atoms with van der Waals surface area (Å²) in [6.07, 6.45) is 5.08. The number of ether oxygens (including phenoxy) is 1. The third-order valence-electron chi connectivity index (χ3n) is 2.49. The Labute approximate surface area is 82.3 Å². The molecule has 0 saturated carbocycles. The number of oxazole rings is 1. The SMILES string of the molecule is O=Cc1cnc(CC2CCOCC2)o1. The Bertz CT molecular complexity index is 302. The maximum atomic E-state index is 10.4. The predicted molar refractivity (Wildman–Crippen MR) is 49.1 cm³/mol. The van der Waals surface area contributed by atoms with Gasteiger partial charge in [-0.2, -0.15) is 0 Å². The van der Waals surface area contributed by atoms with Crippen LogP contribution < -0.4 is 0 Å². The lowest BCUT2D eigenvalue weighted by atomic mass is 9.97. The number of aldehydes is 1. The van der Waals surface area contributed by atoms with E-state index in [2.05, 4.69) is 4.98 Å². The maximum absolute atomic E-state index is 10.4. The van der Waals surface area contributed by atoms with E-state index in [9.17, 15) is 4.79 Å². The van der Waals surface area contributed by atoms with E-state index < -0.39 is 0 Å². The predicted octanol–water partition coefficient (Wildman–Crippen LogP) is 1.46. The van der Waals surface area contributed by atoms with Crippen molar-refractivity contribution in [3.8, 4) is 0 Å². The molecule has 0 spiro atoms. The molecule has 1 fully saturated rings. The summed E-state index contributed by atoms with van der Waals surface area (Å²) in [7, 11) is 0. The Kier molecular flexibility index (Phi) is 2.93. The van der Waals surface area contributed by atoms with Crippen LogP contribution in [0.25, 0.3) is 0 Å². The average molecular weight is 195 g/mol. The van der Waals surface area contributed by atoms with E-state index in [1.54, 1.807) is 0 Å². The Morgan fingerprint density at radius 1 is 1.50 bits per heavy atom. The number of carbonyl (C=O) groups is 1. The molecule has 0 radical (unpaired) electrons. The first-order valence-electron chi connectivity index (χ1n) is 4.86. The molecule has 1 aromatic heterocycles. The van der Waals surface area contributed by atoms with Crippen LogP contribution in [0.1, 0.15) is 29.3 Å². The standard InChI is InChI=1S/C10H13NO3/c12-7-9-6-11-10(14-9)5-8-1-3-13-4-2-8/h6-8H,1-5H2. The second-order valence-electron chi connectivity index (χ2n) is 3.53. The highest BCUT2D eigenvalue weighted by Gasteiger charge is 2.16. The van der Waals surface area contributed by atoms with Crippen molar-refractivity contribution in [1.29, 1.82) is 0 Å². The summed E-state index contributed by atoms with van der Waals surface area (Å²) in [4.78, 5) is 14.4. The van der Waals surface area contributed by atoms with Crippen molar-refractivity contribution in [3.63, 3.8) is 0 Å². The molecule has 0 unspecified atom stereocenters. The first kappa shape index (κ1) is 9.40. The van der Waals surface area contributed by atoms with E-state index >= 15 is 0 Å². The summed E-state index contributed by atoms with van der Waals surface area (Å²) in [5.41, 5.74) is 0. The van der Waals surface area contributed by atoms with Crippen molar-refractivity contribution in [2.45, 2.75) is 19.3 Å². The average Bonchev–Trinajstić information content (AvgIpc) is 2.67. The van der Waals surface area contributed by atoms with Gasteiger partial charge >= 0.3 is 0 Å². The van der Waals surface area contributed by atoms with Gasteiger partial charge in [-0.15, -0.1) is 0 Å². The zero-order valence-electron chi connectivity index (χ0n) is 7.94. The molecule has 1 aliphatic heterocycles. The van der Waals surface area contributed by atoms with Crippen LogP contribution in [0, 0.1) is 5.92 Å². The maximum Gasteiger partial charge on any atom is 0.195 e. The molecule has 4 nitrogen and oxygen atoms in total. The minimum atomic E-state index is 0.312. The number of hydrogen-bond donors (Lipinski definition) is 0. The normalized spacial score (nSPS) is 18.3. The van der Waals surface area contributed by atoms with Crippen LogP contribution in [0.3, 0.4) is 0 Å². The Morgan fingerprint density at radius 3 is 2.93 bits per heavy atom. The molecule has 0 amide bonds. The lowest BCUT2D eigenvalue weighted by Gasteiger charge is -2.20. The smallest absolute Gasteiger partial charge is 0.195 e. The zero-order valence-corrected chi connectivity index (χ0v) is 7.94. The fourth-order valence-electron chi connectivity index (χ4n) is 1.67. The molecular weight excluding hydrogens is 182 g/mol. The van der Waals surface area contributed by atoms with Gasteiger partial charge in [0.15, 0.2) is 17.9 Å². The summed E-state index contributed by atoms with van der Waals surface area (Å²) in [6.45, 7) is 1.65. The lowest BCUT2D eigenvalue weighted by molar-refractivity contribution is 0.0645. The molecule has 2 rings (SSSR count). The Hall–Kier alpha value is -1.16. The van der Waals surface area contributed by atoms with Crippen LogP contribution in [0.5, 0.6) is 0 Å². The van der Waals surface area contributed by atoms with Gasteiger partial charge in [0.2, 0.25) is 0 Å². The fourth-order valence-corrected chi connectivity index (χ4v) is 1.67. The topological polar surface area (TPSA) is 52.3 Å². The quantitative estimate of drug-likeness (QED) is 0.685. The summed E-state index contributed by atoms with van der Waals surface area (Å²) < 4.78 is 10.5. The van der Waals surface area contributed by atoms with Crippen molar-refractivity contribution < 1.29 is 13.9 Å². The van der Waals surface area contributed by atoms with Crippen molar-refractivity contribution in [1.82, 2.24) is 4.98 Å². The van der Waals surface area contributed by atoms with Gasteiger partial charge in [0.25, 0.3) is 0 Å². The van der Waals surface area contributed by atoms with Gasteiger partial charge < -0.3 is 9.15 Å². The molecule has 0 aromatic carbocycles. The Morgan fingerprint density at radius 2 is 2.29 bits per heavy atom. The molecule has 0 bridgehead atoms. The van der Waals surface area contributed by atoms with Crippen LogP contribution >= 0.6 is 0 Å². The highest BCUT2D eigenvalue weighted by molar-refractivity contribution is 5.69.